The van der Waals surface area contributed by atoms with Gasteiger partial charge in [0.05, 0.1) is 11.5 Å². The first-order valence-corrected chi connectivity index (χ1v) is 7.80. The lowest BCUT2D eigenvalue weighted by molar-refractivity contribution is -0.133. The summed E-state index contributed by atoms with van der Waals surface area (Å²) < 4.78 is 0. The average Bonchev–Trinajstić information content (AvgIpc) is 2.89. The Hall–Kier alpha value is -0.710. The van der Waals surface area contributed by atoms with Crippen LogP contribution in [-0.2, 0) is 9.59 Å². The maximum atomic E-state index is 11.7. The van der Waals surface area contributed by atoms with Crippen LogP contribution in [0.3, 0.4) is 0 Å². The summed E-state index contributed by atoms with van der Waals surface area (Å²) in [6.45, 7) is 2.09. The van der Waals surface area contributed by atoms with Crippen LogP contribution < -0.4 is 5.32 Å². The van der Waals surface area contributed by atoms with Gasteiger partial charge in [-0.1, -0.05) is 6.42 Å². The number of carboxylic acids is 1. The molecule has 2 aliphatic carbocycles. The molecular formula is C13H21NO3S. The van der Waals surface area contributed by atoms with Gasteiger partial charge in [0.2, 0.25) is 5.91 Å². The molecule has 0 aromatic rings. The van der Waals surface area contributed by atoms with E-state index in [-0.39, 0.29) is 23.5 Å². The van der Waals surface area contributed by atoms with Crippen molar-refractivity contribution in [3.63, 3.8) is 0 Å². The molecule has 1 amide bonds. The van der Waals surface area contributed by atoms with Gasteiger partial charge in [0.15, 0.2) is 0 Å². The first-order chi connectivity index (χ1) is 8.56. The molecule has 2 fully saturated rings. The third-order valence-corrected chi connectivity index (χ3v) is 5.20. The predicted octanol–water partition coefficient (Wildman–Crippen LogP) is 1.75. The molecule has 0 aliphatic heterocycles. The molecule has 2 bridgehead atoms. The van der Waals surface area contributed by atoms with Gasteiger partial charge in [0.25, 0.3) is 0 Å². The molecule has 102 valence electrons. The highest BCUT2D eigenvalue weighted by atomic mass is 32.2. The standard InChI is InChI=1S/C13H21NO3S/c1-8(11-5-9-2-3-10(11)4-9)14-12(15)6-18-7-13(16)17/h8-11H,2-7H2,1H3,(H,14,15)(H,16,17)/t8-,9+,10+,11+/m0/s1. The first kappa shape index (κ1) is 13.7. The van der Waals surface area contributed by atoms with E-state index in [9.17, 15) is 9.59 Å². The number of nitrogens with one attached hydrogen (secondary N) is 1. The Balaban J connectivity index is 1.69. The van der Waals surface area contributed by atoms with Crippen LogP contribution in [0.4, 0.5) is 0 Å². The van der Waals surface area contributed by atoms with Crippen LogP contribution in [0.25, 0.3) is 0 Å². The summed E-state index contributed by atoms with van der Waals surface area (Å²) in [4.78, 5) is 22.0. The van der Waals surface area contributed by atoms with E-state index in [1.807, 2.05) is 0 Å². The van der Waals surface area contributed by atoms with E-state index in [4.69, 9.17) is 5.11 Å². The first-order valence-electron chi connectivity index (χ1n) is 6.65. The highest BCUT2D eigenvalue weighted by Gasteiger charge is 2.42. The number of carbonyl (C=O) groups excluding carboxylic acids is 1. The topological polar surface area (TPSA) is 66.4 Å². The van der Waals surface area contributed by atoms with Gasteiger partial charge < -0.3 is 10.4 Å². The summed E-state index contributed by atoms with van der Waals surface area (Å²) in [5, 5.41) is 11.5. The zero-order valence-corrected chi connectivity index (χ0v) is 11.5. The summed E-state index contributed by atoms with van der Waals surface area (Å²) in [6, 6.07) is 0.234. The van der Waals surface area contributed by atoms with Crippen molar-refractivity contribution in [1.82, 2.24) is 5.32 Å². The van der Waals surface area contributed by atoms with E-state index >= 15 is 0 Å². The minimum Gasteiger partial charge on any atom is -0.481 e. The van der Waals surface area contributed by atoms with E-state index in [1.165, 1.54) is 25.7 Å². The minimum atomic E-state index is -0.867. The van der Waals surface area contributed by atoms with Gasteiger partial charge in [0, 0.05) is 6.04 Å². The minimum absolute atomic E-state index is 0.00404. The van der Waals surface area contributed by atoms with Crippen LogP contribution in [-0.4, -0.2) is 34.5 Å². The zero-order valence-electron chi connectivity index (χ0n) is 10.7. The van der Waals surface area contributed by atoms with Gasteiger partial charge in [-0.3, -0.25) is 9.59 Å². The number of hydrogen-bond acceptors (Lipinski definition) is 3. The number of thioether (sulfide) groups is 1. The maximum Gasteiger partial charge on any atom is 0.313 e. The number of fused-ring (bicyclic) bond motifs is 2. The molecule has 2 rings (SSSR count). The van der Waals surface area contributed by atoms with Crippen LogP contribution in [0.5, 0.6) is 0 Å². The van der Waals surface area contributed by atoms with Gasteiger partial charge in [-0.05, 0) is 43.9 Å². The van der Waals surface area contributed by atoms with Gasteiger partial charge in [-0.2, -0.15) is 0 Å². The number of hydrogen-bond donors (Lipinski definition) is 2. The van der Waals surface area contributed by atoms with E-state index < -0.39 is 5.97 Å². The molecule has 0 aromatic carbocycles. The van der Waals surface area contributed by atoms with Crippen molar-refractivity contribution >= 4 is 23.6 Å². The second kappa shape index (κ2) is 5.95. The lowest BCUT2D eigenvalue weighted by Gasteiger charge is -2.28. The van der Waals surface area contributed by atoms with E-state index in [0.29, 0.717) is 5.92 Å². The average molecular weight is 271 g/mol. The Labute approximate surface area is 112 Å². The van der Waals surface area contributed by atoms with Crippen molar-refractivity contribution in [3.05, 3.63) is 0 Å². The molecule has 2 N–H and O–H groups in total. The molecule has 5 heteroatoms. The molecule has 4 nitrogen and oxygen atoms in total. The number of carbonyl (C=O) groups is 2. The summed E-state index contributed by atoms with van der Waals surface area (Å²) in [7, 11) is 0. The SMILES string of the molecule is C[C@H](NC(=O)CSCC(=O)O)[C@H]1C[C@@H]2CC[C@@H]1C2. The number of amides is 1. The Bertz CT molecular complexity index is 334. The fourth-order valence-electron chi connectivity index (χ4n) is 3.54. The molecular weight excluding hydrogens is 250 g/mol. The summed E-state index contributed by atoms with van der Waals surface area (Å²) in [5.74, 6) is 1.67. The van der Waals surface area contributed by atoms with Crippen molar-refractivity contribution < 1.29 is 14.7 Å². The largest absolute Gasteiger partial charge is 0.481 e. The molecule has 0 saturated heterocycles. The van der Waals surface area contributed by atoms with Crippen LogP contribution >= 0.6 is 11.8 Å². The number of aliphatic carboxylic acids is 1. The summed E-state index contributed by atoms with van der Waals surface area (Å²) in [5.41, 5.74) is 0. The lowest BCUT2D eigenvalue weighted by atomic mass is 9.84. The third-order valence-electron chi connectivity index (χ3n) is 4.28. The molecule has 2 saturated carbocycles. The van der Waals surface area contributed by atoms with E-state index in [2.05, 4.69) is 12.2 Å². The van der Waals surface area contributed by atoms with Crippen LogP contribution in [0.15, 0.2) is 0 Å². The Morgan fingerprint density at radius 3 is 2.67 bits per heavy atom. The van der Waals surface area contributed by atoms with Crippen molar-refractivity contribution in [2.45, 2.75) is 38.6 Å². The second-order valence-electron chi connectivity index (χ2n) is 5.58. The van der Waals surface area contributed by atoms with Gasteiger partial charge in [0.1, 0.15) is 0 Å². The molecule has 2 aliphatic rings. The fraction of sp³-hybridized carbons (Fsp3) is 0.846. The zero-order chi connectivity index (χ0) is 13.1. The van der Waals surface area contributed by atoms with Crippen molar-refractivity contribution in [3.8, 4) is 0 Å². The van der Waals surface area contributed by atoms with Crippen LogP contribution in [0.2, 0.25) is 0 Å². The summed E-state index contributed by atoms with van der Waals surface area (Å²) in [6.07, 6.45) is 5.30. The molecule has 0 radical (unpaired) electrons. The third kappa shape index (κ3) is 3.40. The Kier molecular flexibility index (Phi) is 4.54. The second-order valence-corrected chi connectivity index (χ2v) is 6.57. The fourth-order valence-corrected chi connectivity index (χ4v) is 4.09. The highest BCUT2D eigenvalue weighted by molar-refractivity contribution is 8.00. The van der Waals surface area contributed by atoms with Crippen LogP contribution in [0.1, 0.15) is 32.6 Å². The van der Waals surface area contributed by atoms with E-state index in [1.54, 1.807) is 0 Å². The van der Waals surface area contributed by atoms with Crippen molar-refractivity contribution in [1.29, 1.82) is 0 Å². The predicted molar refractivity (Wildman–Crippen MR) is 71.5 cm³/mol. The highest BCUT2D eigenvalue weighted by Crippen LogP contribution is 2.49. The monoisotopic (exact) mass is 271 g/mol. The molecule has 0 heterocycles. The van der Waals surface area contributed by atoms with Gasteiger partial charge in [-0.15, -0.1) is 11.8 Å². The molecule has 0 spiro atoms. The lowest BCUT2D eigenvalue weighted by Crippen LogP contribution is -2.41. The molecule has 0 aromatic heterocycles. The van der Waals surface area contributed by atoms with Crippen molar-refractivity contribution in [2.24, 2.45) is 17.8 Å². The van der Waals surface area contributed by atoms with Gasteiger partial charge in [-0.25, -0.2) is 0 Å². The number of rotatable bonds is 6. The number of carboxylic acid groups (broad SMARTS) is 1. The Morgan fingerprint density at radius 2 is 2.11 bits per heavy atom. The maximum absolute atomic E-state index is 11.7. The molecule has 4 atom stereocenters. The quantitative estimate of drug-likeness (QED) is 0.772. The molecule has 0 unspecified atom stereocenters. The molecule has 18 heavy (non-hydrogen) atoms. The van der Waals surface area contributed by atoms with Gasteiger partial charge >= 0.3 is 5.97 Å². The Morgan fingerprint density at radius 1 is 1.33 bits per heavy atom. The normalized spacial score (nSPS) is 31.3. The summed E-state index contributed by atoms with van der Waals surface area (Å²) >= 11 is 1.16. The van der Waals surface area contributed by atoms with Crippen molar-refractivity contribution in [2.75, 3.05) is 11.5 Å². The van der Waals surface area contributed by atoms with E-state index in [0.717, 1.165) is 23.6 Å². The van der Waals surface area contributed by atoms with Crippen LogP contribution in [0, 0.1) is 17.8 Å². The smallest absolute Gasteiger partial charge is 0.313 e.